The summed E-state index contributed by atoms with van der Waals surface area (Å²) in [5.41, 5.74) is 6.38. The second-order valence-electron chi connectivity index (χ2n) is 3.31. The van der Waals surface area contributed by atoms with Crippen LogP contribution in [0.2, 0.25) is 0 Å². The van der Waals surface area contributed by atoms with E-state index in [2.05, 4.69) is 10.3 Å². The number of phenols is 1. The molecule has 0 saturated carbocycles. The molecular weight excluding hydrogens is 222 g/mol. The molecule has 0 saturated heterocycles. The first-order valence-corrected chi connectivity index (χ1v) is 5.02. The highest BCUT2D eigenvalue weighted by Gasteiger charge is 2.10. The molecule has 0 unspecified atom stereocenters. The molecule has 0 fully saturated rings. The van der Waals surface area contributed by atoms with Gasteiger partial charge in [-0.1, -0.05) is 0 Å². The van der Waals surface area contributed by atoms with Gasteiger partial charge in [0.2, 0.25) is 5.75 Å². The predicted molar refractivity (Wildman–Crippen MR) is 65.6 cm³/mol. The predicted octanol–water partition coefficient (Wildman–Crippen LogP) is 0.444. The van der Waals surface area contributed by atoms with Crippen LogP contribution in [0.4, 0.5) is 0 Å². The highest BCUT2D eigenvalue weighted by Crippen LogP contribution is 2.36. The van der Waals surface area contributed by atoms with Crippen molar-refractivity contribution < 1.29 is 14.6 Å². The Kier molecular flexibility index (Phi) is 4.45. The molecule has 0 aromatic heterocycles. The van der Waals surface area contributed by atoms with Crippen molar-refractivity contribution in [1.29, 1.82) is 0 Å². The topological polar surface area (TPSA) is 89.1 Å². The summed E-state index contributed by atoms with van der Waals surface area (Å²) in [6.45, 7) is 0.468. The minimum Gasteiger partial charge on any atom is -0.502 e. The van der Waals surface area contributed by atoms with Crippen molar-refractivity contribution in [3.05, 3.63) is 17.7 Å². The van der Waals surface area contributed by atoms with E-state index in [4.69, 9.17) is 15.2 Å². The van der Waals surface area contributed by atoms with Gasteiger partial charge in [0.05, 0.1) is 14.2 Å². The van der Waals surface area contributed by atoms with E-state index < -0.39 is 0 Å². The van der Waals surface area contributed by atoms with Gasteiger partial charge in [0.1, 0.15) is 0 Å². The van der Waals surface area contributed by atoms with Crippen LogP contribution in [-0.2, 0) is 6.54 Å². The lowest BCUT2D eigenvalue weighted by atomic mass is 10.2. The first-order chi connectivity index (χ1) is 8.12. The van der Waals surface area contributed by atoms with Crippen LogP contribution in [0.3, 0.4) is 0 Å². The van der Waals surface area contributed by atoms with Gasteiger partial charge in [-0.2, -0.15) is 0 Å². The molecule has 1 aromatic carbocycles. The number of nitrogens with one attached hydrogen (secondary N) is 1. The summed E-state index contributed by atoms with van der Waals surface area (Å²) in [5, 5.41) is 12.6. The van der Waals surface area contributed by atoms with Gasteiger partial charge in [-0.3, -0.25) is 4.99 Å². The van der Waals surface area contributed by atoms with Crippen molar-refractivity contribution in [2.24, 2.45) is 10.7 Å². The maximum atomic E-state index is 9.72. The Labute approximate surface area is 100 Å². The molecule has 0 radical (unpaired) electrons. The average Bonchev–Trinajstić information content (AvgIpc) is 2.36. The fraction of sp³-hybridized carbons (Fsp3) is 0.364. The summed E-state index contributed by atoms with van der Waals surface area (Å²) in [6, 6.07) is 3.40. The Morgan fingerprint density at radius 2 is 1.88 bits per heavy atom. The van der Waals surface area contributed by atoms with E-state index in [-0.39, 0.29) is 5.75 Å². The zero-order chi connectivity index (χ0) is 12.8. The standard InChI is InChI=1S/C11H17N3O3/c1-13-11(12)14-6-7-4-8(16-2)10(15)9(5-7)17-3/h4-5,15H,6H2,1-3H3,(H3,12,13,14). The summed E-state index contributed by atoms with van der Waals surface area (Å²) >= 11 is 0. The van der Waals surface area contributed by atoms with Gasteiger partial charge >= 0.3 is 0 Å². The van der Waals surface area contributed by atoms with Gasteiger partial charge in [0.25, 0.3) is 0 Å². The summed E-state index contributed by atoms with van der Waals surface area (Å²) in [7, 11) is 4.56. The Hall–Kier alpha value is -2.11. The van der Waals surface area contributed by atoms with Gasteiger partial charge in [0, 0.05) is 13.6 Å². The molecule has 0 spiro atoms. The summed E-state index contributed by atoms with van der Waals surface area (Å²) < 4.78 is 10.1. The molecule has 0 heterocycles. The van der Waals surface area contributed by atoms with Gasteiger partial charge in [-0.25, -0.2) is 0 Å². The number of benzene rings is 1. The van der Waals surface area contributed by atoms with E-state index in [9.17, 15) is 5.11 Å². The SMILES string of the molecule is CN=C(N)NCc1cc(OC)c(O)c(OC)c1. The van der Waals surface area contributed by atoms with Crippen LogP contribution < -0.4 is 20.5 Å². The Bertz CT molecular complexity index is 393. The van der Waals surface area contributed by atoms with Crippen molar-refractivity contribution in [3.8, 4) is 17.2 Å². The largest absolute Gasteiger partial charge is 0.502 e. The van der Waals surface area contributed by atoms with Crippen LogP contribution in [-0.4, -0.2) is 32.3 Å². The lowest BCUT2D eigenvalue weighted by molar-refractivity contribution is 0.339. The maximum absolute atomic E-state index is 9.72. The zero-order valence-corrected chi connectivity index (χ0v) is 10.2. The number of methoxy groups -OCH3 is 2. The van der Waals surface area contributed by atoms with Crippen LogP contribution in [0, 0.1) is 0 Å². The molecular formula is C11H17N3O3. The Morgan fingerprint density at radius 3 is 2.29 bits per heavy atom. The quantitative estimate of drug-likeness (QED) is 0.524. The summed E-state index contributed by atoms with van der Waals surface area (Å²) in [4.78, 5) is 3.78. The smallest absolute Gasteiger partial charge is 0.200 e. The molecule has 4 N–H and O–H groups in total. The average molecular weight is 239 g/mol. The highest BCUT2D eigenvalue weighted by molar-refractivity contribution is 5.77. The van der Waals surface area contributed by atoms with Crippen molar-refractivity contribution in [2.45, 2.75) is 6.54 Å². The summed E-state index contributed by atoms with van der Waals surface area (Å²) in [5.74, 6) is 1.04. The lowest BCUT2D eigenvalue weighted by Crippen LogP contribution is -2.30. The van der Waals surface area contributed by atoms with Gasteiger partial charge < -0.3 is 25.6 Å². The van der Waals surface area contributed by atoms with E-state index >= 15 is 0 Å². The molecule has 0 amide bonds. The van der Waals surface area contributed by atoms with E-state index in [0.29, 0.717) is 24.0 Å². The Balaban J connectivity index is 2.93. The van der Waals surface area contributed by atoms with Gasteiger partial charge in [-0.15, -0.1) is 0 Å². The van der Waals surface area contributed by atoms with Gasteiger partial charge in [0.15, 0.2) is 17.5 Å². The molecule has 0 aliphatic rings. The van der Waals surface area contributed by atoms with Crippen LogP contribution in [0.15, 0.2) is 17.1 Å². The fourth-order valence-electron chi connectivity index (χ4n) is 1.32. The Morgan fingerprint density at radius 1 is 1.35 bits per heavy atom. The number of aliphatic imine (C=N–C) groups is 1. The number of hydrogen-bond donors (Lipinski definition) is 3. The third kappa shape index (κ3) is 3.17. The normalized spacial score (nSPS) is 11.1. The molecule has 0 bridgehead atoms. The molecule has 94 valence electrons. The van der Waals surface area contributed by atoms with Crippen LogP contribution in [0.25, 0.3) is 0 Å². The molecule has 1 aromatic rings. The lowest BCUT2D eigenvalue weighted by Gasteiger charge is -2.11. The minimum atomic E-state index is -0.0177. The van der Waals surface area contributed by atoms with E-state index in [1.165, 1.54) is 14.2 Å². The van der Waals surface area contributed by atoms with E-state index in [1.807, 2.05) is 0 Å². The number of ether oxygens (including phenoxy) is 2. The zero-order valence-electron chi connectivity index (χ0n) is 10.2. The molecule has 0 aliphatic carbocycles. The van der Waals surface area contributed by atoms with Crippen LogP contribution >= 0.6 is 0 Å². The third-order valence-corrected chi connectivity index (χ3v) is 2.25. The minimum absolute atomic E-state index is 0.0177. The van der Waals surface area contributed by atoms with E-state index in [1.54, 1.807) is 19.2 Å². The van der Waals surface area contributed by atoms with Crippen molar-refractivity contribution >= 4 is 5.96 Å². The molecule has 6 heteroatoms. The second-order valence-corrected chi connectivity index (χ2v) is 3.31. The number of nitrogens with two attached hydrogens (primary N) is 1. The fourth-order valence-corrected chi connectivity index (χ4v) is 1.32. The highest BCUT2D eigenvalue weighted by atomic mass is 16.5. The van der Waals surface area contributed by atoms with E-state index in [0.717, 1.165) is 5.56 Å². The molecule has 0 atom stereocenters. The number of guanidine groups is 1. The maximum Gasteiger partial charge on any atom is 0.200 e. The number of phenolic OH excluding ortho intramolecular Hbond substituents is 1. The van der Waals surface area contributed by atoms with Crippen LogP contribution in [0.1, 0.15) is 5.56 Å². The molecule has 0 aliphatic heterocycles. The summed E-state index contributed by atoms with van der Waals surface area (Å²) in [6.07, 6.45) is 0. The first-order valence-electron chi connectivity index (χ1n) is 5.02. The monoisotopic (exact) mass is 239 g/mol. The van der Waals surface area contributed by atoms with Crippen molar-refractivity contribution in [2.75, 3.05) is 21.3 Å². The molecule has 1 rings (SSSR count). The number of aromatic hydroxyl groups is 1. The second kappa shape index (κ2) is 5.83. The number of hydrogen-bond acceptors (Lipinski definition) is 4. The molecule has 6 nitrogen and oxygen atoms in total. The van der Waals surface area contributed by atoms with Crippen molar-refractivity contribution in [1.82, 2.24) is 5.32 Å². The number of rotatable bonds is 4. The third-order valence-electron chi connectivity index (χ3n) is 2.25. The van der Waals surface area contributed by atoms with Crippen molar-refractivity contribution in [3.63, 3.8) is 0 Å². The van der Waals surface area contributed by atoms with Crippen LogP contribution in [0.5, 0.6) is 17.2 Å². The van der Waals surface area contributed by atoms with Gasteiger partial charge in [-0.05, 0) is 17.7 Å². The molecule has 17 heavy (non-hydrogen) atoms. The number of nitrogens with zero attached hydrogens (tertiary/aromatic N) is 1. The first kappa shape index (κ1) is 13.0.